The van der Waals surface area contributed by atoms with Gasteiger partial charge in [-0.05, 0) is 27.2 Å². The lowest BCUT2D eigenvalue weighted by Crippen LogP contribution is -2.50. The van der Waals surface area contributed by atoms with Crippen molar-refractivity contribution >= 4 is 6.09 Å². The molecule has 1 saturated heterocycles. The number of rotatable bonds is 2. The lowest BCUT2D eigenvalue weighted by molar-refractivity contribution is -0.104. The van der Waals surface area contributed by atoms with Crippen LogP contribution in [0.5, 0.6) is 0 Å². The first-order chi connectivity index (χ1) is 8.15. The Morgan fingerprint density at radius 3 is 2.67 bits per heavy atom. The maximum absolute atomic E-state index is 13.6. The highest BCUT2D eigenvalue weighted by atomic mass is 19.3. The Labute approximate surface area is 107 Å². The molecule has 18 heavy (non-hydrogen) atoms. The van der Waals surface area contributed by atoms with Gasteiger partial charge in [-0.1, -0.05) is 6.08 Å². The molecule has 0 aromatic heterocycles. The normalized spacial score (nSPS) is 23.6. The molecule has 104 valence electrons. The predicted octanol–water partition coefficient (Wildman–Crippen LogP) is 3.45. The van der Waals surface area contributed by atoms with Gasteiger partial charge in [-0.25, -0.2) is 13.6 Å². The molecule has 5 heteroatoms. The van der Waals surface area contributed by atoms with Gasteiger partial charge in [0.15, 0.2) is 0 Å². The Morgan fingerprint density at radius 1 is 1.56 bits per heavy atom. The third kappa shape index (κ3) is 3.96. The second kappa shape index (κ2) is 5.24. The largest absolute Gasteiger partial charge is 0.444 e. The molecule has 0 aromatic carbocycles. The number of amides is 1. The van der Waals surface area contributed by atoms with E-state index in [-0.39, 0.29) is 25.9 Å². The van der Waals surface area contributed by atoms with Gasteiger partial charge in [0.1, 0.15) is 5.60 Å². The van der Waals surface area contributed by atoms with Crippen LogP contribution in [0.15, 0.2) is 12.7 Å². The first-order valence-corrected chi connectivity index (χ1v) is 6.12. The van der Waals surface area contributed by atoms with E-state index in [4.69, 9.17) is 4.74 Å². The van der Waals surface area contributed by atoms with Crippen molar-refractivity contribution in [1.29, 1.82) is 0 Å². The van der Waals surface area contributed by atoms with Gasteiger partial charge in [0.05, 0.1) is 0 Å². The van der Waals surface area contributed by atoms with Crippen LogP contribution >= 0.6 is 0 Å². The highest BCUT2D eigenvalue weighted by Gasteiger charge is 2.44. The molecule has 1 aliphatic rings. The Morgan fingerprint density at radius 2 is 2.17 bits per heavy atom. The molecule has 1 aliphatic heterocycles. The van der Waals surface area contributed by atoms with Gasteiger partial charge >= 0.3 is 6.09 Å². The molecule has 1 unspecified atom stereocenters. The number of hydrogen-bond acceptors (Lipinski definition) is 2. The number of hydrogen-bond donors (Lipinski definition) is 0. The van der Waals surface area contributed by atoms with Crippen molar-refractivity contribution in [2.24, 2.45) is 5.92 Å². The fourth-order valence-corrected chi connectivity index (χ4v) is 1.92. The van der Waals surface area contributed by atoms with E-state index in [1.807, 2.05) is 0 Å². The first-order valence-electron chi connectivity index (χ1n) is 6.12. The van der Waals surface area contributed by atoms with Crippen molar-refractivity contribution in [3.63, 3.8) is 0 Å². The maximum atomic E-state index is 13.6. The SMILES string of the molecule is C=CCC1CN(C(=O)OC(C)(C)C)CCC1(F)F. The summed E-state index contributed by atoms with van der Waals surface area (Å²) >= 11 is 0. The second-order valence-electron chi connectivity index (χ2n) is 5.66. The van der Waals surface area contributed by atoms with Crippen molar-refractivity contribution in [2.45, 2.75) is 45.1 Å². The highest BCUT2D eigenvalue weighted by molar-refractivity contribution is 5.68. The quantitative estimate of drug-likeness (QED) is 0.712. The Balaban J connectivity index is 2.65. The van der Waals surface area contributed by atoms with E-state index < -0.39 is 23.5 Å². The van der Waals surface area contributed by atoms with Crippen LogP contribution < -0.4 is 0 Å². The van der Waals surface area contributed by atoms with E-state index in [0.717, 1.165) is 0 Å². The monoisotopic (exact) mass is 261 g/mol. The van der Waals surface area contributed by atoms with Crippen LogP contribution in [0.4, 0.5) is 13.6 Å². The average molecular weight is 261 g/mol. The maximum Gasteiger partial charge on any atom is 0.410 e. The molecule has 0 aliphatic carbocycles. The van der Waals surface area contributed by atoms with Crippen molar-refractivity contribution in [3.05, 3.63) is 12.7 Å². The van der Waals surface area contributed by atoms with E-state index in [0.29, 0.717) is 0 Å². The van der Waals surface area contributed by atoms with Gasteiger partial charge in [-0.2, -0.15) is 0 Å². The smallest absolute Gasteiger partial charge is 0.410 e. The van der Waals surface area contributed by atoms with E-state index in [9.17, 15) is 13.6 Å². The summed E-state index contributed by atoms with van der Waals surface area (Å²) in [6.45, 7) is 8.80. The van der Waals surface area contributed by atoms with Crippen LogP contribution in [0.2, 0.25) is 0 Å². The lowest BCUT2D eigenvalue weighted by Gasteiger charge is -2.38. The highest BCUT2D eigenvalue weighted by Crippen LogP contribution is 2.36. The minimum Gasteiger partial charge on any atom is -0.444 e. The zero-order valence-corrected chi connectivity index (χ0v) is 11.2. The molecule has 1 fully saturated rings. The third-order valence-corrected chi connectivity index (χ3v) is 2.86. The van der Waals surface area contributed by atoms with Crippen LogP contribution in [0.3, 0.4) is 0 Å². The van der Waals surface area contributed by atoms with Crippen LogP contribution in [0.1, 0.15) is 33.6 Å². The molecule has 0 saturated carbocycles. The summed E-state index contributed by atoms with van der Waals surface area (Å²) < 4.78 is 32.4. The number of piperidine rings is 1. The summed E-state index contributed by atoms with van der Waals surface area (Å²) in [5.41, 5.74) is -0.606. The molecule has 1 amide bonds. The number of carbonyl (C=O) groups is 1. The van der Waals surface area contributed by atoms with Crippen LogP contribution in [0.25, 0.3) is 0 Å². The second-order valence-corrected chi connectivity index (χ2v) is 5.66. The van der Waals surface area contributed by atoms with Crippen LogP contribution in [-0.4, -0.2) is 35.6 Å². The molecular formula is C13H21F2NO2. The van der Waals surface area contributed by atoms with Crippen molar-refractivity contribution < 1.29 is 18.3 Å². The van der Waals surface area contributed by atoms with Crippen molar-refractivity contribution in [1.82, 2.24) is 4.90 Å². The molecule has 0 spiro atoms. The standard InChI is InChI=1S/C13H21F2NO2/c1-5-6-10-9-16(8-7-13(10,14)15)11(17)18-12(2,3)4/h5,10H,1,6-9H2,2-4H3. The molecular weight excluding hydrogens is 240 g/mol. The molecule has 1 rings (SSSR count). The summed E-state index contributed by atoms with van der Waals surface area (Å²) in [5, 5.41) is 0. The average Bonchev–Trinajstić information content (AvgIpc) is 2.18. The van der Waals surface area contributed by atoms with Gasteiger partial charge in [-0.3, -0.25) is 0 Å². The Hall–Kier alpha value is -1.13. The minimum absolute atomic E-state index is 0.0218. The van der Waals surface area contributed by atoms with Crippen molar-refractivity contribution in [3.8, 4) is 0 Å². The van der Waals surface area contributed by atoms with Crippen LogP contribution in [0, 0.1) is 5.92 Å². The summed E-state index contributed by atoms with van der Waals surface area (Å²) in [6, 6.07) is 0. The Bertz CT molecular complexity index is 323. The molecule has 0 aromatic rings. The number of likely N-dealkylation sites (tertiary alicyclic amines) is 1. The van der Waals surface area contributed by atoms with E-state index >= 15 is 0 Å². The summed E-state index contributed by atoms with van der Waals surface area (Å²) in [5.74, 6) is -3.59. The number of alkyl halides is 2. The lowest BCUT2D eigenvalue weighted by atomic mass is 9.91. The summed E-state index contributed by atoms with van der Waals surface area (Å²) in [6.07, 6.45) is 0.834. The summed E-state index contributed by atoms with van der Waals surface area (Å²) in [7, 11) is 0. The molecule has 1 heterocycles. The number of halogens is 2. The fourth-order valence-electron chi connectivity index (χ4n) is 1.92. The van der Waals surface area contributed by atoms with Gasteiger partial charge < -0.3 is 9.64 Å². The molecule has 0 N–H and O–H groups in total. The first kappa shape index (κ1) is 14.9. The van der Waals surface area contributed by atoms with E-state index in [2.05, 4.69) is 6.58 Å². The molecule has 0 bridgehead atoms. The van der Waals surface area contributed by atoms with Crippen molar-refractivity contribution in [2.75, 3.05) is 13.1 Å². The molecule has 1 atom stereocenters. The third-order valence-electron chi connectivity index (χ3n) is 2.86. The summed E-state index contributed by atoms with van der Waals surface area (Å²) in [4.78, 5) is 13.2. The van der Waals surface area contributed by atoms with E-state index in [1.165, 1.54) is 11.0 Å². The van der Waals surface area contributed by atoms with Gasteiger partial charge in [0, 0.05) is 25.4 Å². The van der Waals surface area contributed by atoms with Gasteiger partial charge in [0.2, 0.25) is 0 Å². The number of ether oxygens (including phenoxy) is 1. The number of allylic oxidation sites excluding steroid dienone is 1. The molecule has 0 radical (unpaired) electrons. The zero-order chi connectivity index (χ0) is 14.0. The predicted molar refractivity (Wildman–Crippen MR) is 65.7 cm³/mol. The van der Waals surface area contributed by atoms with Gasteiger partial charge in [0.25, 0.3) is 5.92 Å². The van der Waals surface area contributed by atoms with E-state index in [1.54, 1.807) is 20.8 Å². The van der Waals surface area contributed by atoms with Gasteiger partial charge in [-0.15, -0.1) is 6.58 Å². The Kier molecular flexibility index (Phi) is 4.35. The zero-order valence-electron chi connectivity index (χ0n) is 11.2. The minimum atomic E-state index is -2.73. The topological polar surface area (TPSA) is 29.5 Å². The van der Waals surface area contributed by atoms with Crippen LogP contribution in [-0.2, 0) is 4.74 Å². The fraction of sp³-hybridized carbons (Fsp3) is 0.769. The number of carbonyl (C=O) groups excluding carboxylic acids is 1. The molecule has 3 nitrogen and oxygen atoms in total. The number of nitrogens with zero attached hydrogens (tertiary/aromatic N) is 1.